The molecule has 0 atom stereocenters. The molecular weight excluding hydrogens is 496 g/mol. The monoisotopic (exact) mass is 516 g/mol. The molecule has 0 fully saturated rings. The topological polar surface area (TPSA) is 95.2 Å². The van der Waals surface area contributed by atoms with E-state index >= 15 is 0 Å². The predicted molar refractivity (Wildman–Crippen MR) is 144 cm³/mol. The summed E-state index contributed by atoms with van der Waals surface area (Å²) in [5.74, 6) is -0.738. The normalized spacial score (nSPS) is 11.1. The highest BCUT2D eigenvalue weighted by molar-refractivity contribution is 7.16. The van der Waals surface area contributed by atoms with Crippen LogP contribution < -0.4 is 10.7 Å². The van der Waals surface area contributed by atoms with Gasteiger partial charge in [-0.25, -0.2) is 4.98 Å². The van der Waals surface area contributed by atoms with Crippen LogP contribution in [0.2, 0.25) is 5.02 Å². The molecule has 180 valence electrons. The van der Waals surface area contributed by atoms with Gasteiger partial charge in [0.2, 0.25) is 0 Å². The lowest BCUT2D eigenvalue weighted by molar-refractivity contribution is 0.0819. The molecule has 2 aromatic heterocycles. The summed E-state index contributed by atoms with van der Waals surface area (Å²) in [7, 11) is 3.21. The summed E-state index contributed by atoms with van der Waals surface area (Å²) in [6.07, 6.45) is 0. The smallest absolute Gasteiger partial charge is 0.270 e. The van der Waals surface area contributed by atoms with Crippen molar-refractivity contribution in [3.63, 3.8) is 0 Å². The fourth-order valence-corrected chi connectivity index (χ4v) is 5.08. The number of hydrogen-bond acceptors (Lipinski definition) is 5. The summed E-state index contributed by atoms with van der Waals surface area (Å²) in [5, 5.41) is 3.63. The average molecular weight is 517 g/mol. The first-order valence-electron chi connectivity index (χ1n) is 11.1. The minimum absolute atomic E-state index is 0.107. The summed E-state index contributed by atoms with van der Waals surface area (Å²) in [6.45, 7) is -0.122. The standard InChI is InChI=1S/C27H21ClN4O3S/c1-32(2)27(35)24-18(13-29-26(34)16-8-11-20-21(12-16)36-14-30-20)25(33)17-9-10-19(28)22(23(17)31-24)15-6-4-3-5-7-15/h3-12,14H,13H2,1-2H3,(H,29,34)(H,31,33). The van der Waals surface area contributed by atoms with Crippen molar-refractivity contribution in [2.75, 3.05) is 14.1 Å². The molecule has 0 aliphatic rings. The van der Waals surface area contributed by atoms with Crippen LogP contribution in [-0.2, 0) is 6.54 Å². The van der Waals surface area contributed by atoms with Gasteiger partial charge in [-0.05, 0) is 35.9 Å². The fourth-order valence-electron chi connectivity index (χ4n) is 4.10. The molecule has 5 rings (SSSR count). The van der Waals surface area contributed by atoms with Gasteiger partial charge in [0.15, 0.2) is 5.43 Å². The number of hydrogen-bond donors (Lipinski definition) is 2. The Morgan fingerprint density at radius 3 is 2.61 bits per heavy atom. The van der Waals surface area contributed by atoms with Crippen LogP contribution >= 0.6 is 22.9 Å². The Kier molecular flexibility index (Phi) is 6.30. The molecule has 36 heavy (non-hydrogen) atoms. The van der Waals surface area contributed by atoms with Crippen molar-refractivity contribution in [1.82, 2.24) is 20.2 Å². The third-order valence-electron chi connectivity index (χ3n) is 5.93. The maximum atomic E-state index is 13.7. The number of carbonyl (C=O) groups is 2. The van der Waals surface area contributed by atoms with Gasteiger partial charge in [-0.1, -0.05) is 41.9 Å². The number of H-pyrrole nitrogens is 1. The molecule has 0 saturated heterocycles. The highest BCUT2D eigenvalue weighted by Crippen LogP contribution is 2.33. The summed E-state index contributed by atoms with van der Waals surface area (Å²) in [4.78, 5) is 48.5. The Morgan fingerprint density at radius 1 is 1.08 bits per heavy atom. The third kappa shape index (κ3) is 4.25. The van der Waals surface area contributed by atoms with Gasteiger partial charge in [0.25, 0.3) is 11.8 Å². The van der Waals surface area contributed by atoms with Gasteiger partial charge in [0.1, 0.15) is 5.69 Å². The van der Waals surface area contributed by atoms with Crippen molar-refractivity contribution in [2.45, 2.75) is 6.54 Å². The van der Waals surface area contributed by atoms with Crippen LogP contribution in [0.4, 0.5) is 0 Å². The van der Waals surface area contributed by atoms with Crippen LogP contribution in [0.5, 0.6) is 0 Å². The van der Waals surface area contributed by atoms with E-state index in [1.165, 1.54) is 16.2 Å². The molecule has 0 radical (unpaired) electrons. The lowest BCUT2D eigenvalue weighted by atomic mass is 9.99. The van der Waals surface area contributed by atoms with Crippen LogP contribution in [0, 0.1) is 0 Å². The van der Waals surface area contributed by atoms with Crippen LogP contribution in [0.25, 0.3) is 32.2 Å². The molecule has 9 heteroatoms. The van der Waals surface area contributed by atoms with Crippen LogP contribution in [0.1, 0.15) is 26.4 Å². The Hall–Kier alpha value is -4.01. The summed E-state index contributed by atoms with van der Waals surface area (Å²) >= 11 is 7.99. The molecule has 2 heterocycles. The molecule has 7 nitrogen and oxygen atoms in total. The number of nitrogens with one attached hydrogen (secondary N) is 2. The van der Waals surface area contributed by atoms with Gasteiger partial charge >= 0.3 is 0 Å². The SMILES string of the molecule is CN(C)C(=O)c1[nH]c2c(-c3ccccc3)c(Cl)ccc2c(=O)c1CNC(=O)c1ccc2ncsc2c1. The lowest BCUT2D eigenvalue weighted by Gasteiger charge is -2.17. The zero-order valence-electron chi connectivity index (χ0n) is 19.5. The number of amides is 2. The number of fused-ring (bicyclic) bond motifs is 2. The number of benzene rings is 3. The zero-order valence-corrected chi connectivity index (χ0v) is 21.0. The van der Waals surface area contributed by atoms with Gasteiger partial charge in [-0.2, -0.15) is 0 Å². The van der Waals surface area contributed by atoms with Gasteiger partial charge in [-0.3, -0.25) is 14.4 Å². The molecule has 2 N–H and O–H groups in total. The average Bonchev–Trinajstić information content (AvgIpc) is 3.35. The summed E-state index contributed by atoms with van der Waals surface area (Å²) in [5.41, 5.74) is 4.83. The van der Waals surface area contributed by atoms with Crippen molar-refractivity contribution in [2.24, 2.45) is 0 Å². The van der Waals surface area contributed by atoms with E-state index in [4.69, 9.17) is 11.6 Å². The Balaban J connectivity index is 1.60. The Labute approximate surface area is 215 Å². The van der Waals surface area contributed by atoms with E-state index in [-0.39, 0.29) is 35.0 Å². The first-order valence-corrected chi connectivity index (χ1v) is 12.4. The van der Waals surface area contributed by atoms with Crippen molar-refractivity contribution in [3.8, 4) is 11.1 Å². The van der Waals surface area contributed by atoms with E-state index in [1.54, 1.807) is 49.9 Å². The second-order valence-corrected chi connectivity index (χ2v) is 9.73. The molecule has 0 spiro atoms. The van der Waals surface area contributed by atoms with Crippen molar-refractivity contribution < 1.29 is 9.59 Å². The second-order valence-electron chi connectivity index (χ2n) is 8.44. The van der Waals surface area contributed by atoms with Crippen molar-refractivity contribution in [3.05, 3.63) is 98.2 Å². The van der Waals surface area contributed by atoms with Gasteiger partial charge in [0.05, 0.1) is 26.3 Å². The summed E-state index contributed by atoms with van der Waals surface area (Å²) in [6, 6.07) is 17.9. The van der Waals surface area contributed by atoms with Gasteiger partial charge < -0.3 is 15.2 Å². The number of halogens is 1. The number of pyridine rings is 1. The van der Waals surface area contributed by atoms with E-state index in [0.29, 0.717) is 27.1 Å². The van der Waals surface area contributed by atoms with Crippen LogP contribution in [0.15, 0.2) is 71.0 Å². The van der Waals surface area contributed by atoms with E-state index in [2.05, 4.69) is 15.3 Å². The quantitative estimate of drug-likeness (QED) is 0.340. The van der Waals surface area contributed by atoms with E-state index in [9.17, 15) is 14.4 Å². The molecule has 0 aliphatic carbocycles. The fraction of sp³-hybridized carbons (Fsp3) is 0.111. The molecule has 0 bridgehead atoms. The summed E-state index contributed by atoms with van der Waals surface area (Å²) < 4.78 is 0.889. The first kappa shape index (κ1) is 23.7. The highest BCUT2D eigenvalue weighted by Gasteiger charge is 2.22. The maximum absolute atomic E-state index is 13.7. The number of nitrogens with zero attached hydrogens (tertiary/aromatic N) is 2. The predicted octanol–water partition coefficient (Wildman–Crippen LogP) is 5.09. The van der Waals surface area contributed by atoms with Crippen LogP contribution in [-0.4, -0.2) is 40.8 Å². The van der Waals surface area contributed by atoms with E-state index in [1.807, 2.05) is 30.3 Å². The van der Waals surface area contributed by atoms with Crippen molar-refractivity contribution >= 4 is 55.9 Å². The number of carbonyl (C=O) groups excluding carboxylic acids is 2. The zero-order chi connectivity index (χ0) is 25.4. The molecule has 0 aliphatic heterocycles. The minimum Gasteiger partial charge on any atom is -0.349 e. The van der Waals surface area contributed by atoms with E-state index < -0.39 is 0 Å². The second kappa shape index (κ2) is 9.56. The number of aromatic nitrogens is 2. The Bertz CT molecular complexity index is 1690. The minimum atomic E-state index is -0.386. The highest BCUT2D eigenvalue weighted by atomic mass is 35.5. The molecule has 5 aromatic rings. The van der Waals surface area contributed by atoms with Gasteiger partial charge in [-0.15, -0.1) is 11.3 Å². The molecule has 2 amide bonds. The Morgan fingerprint density at radius 2 is 1.86 bits per heavy atom. The molecule has 3 aromatic carbocycles. The number of rotatable bonds is 5. The largest absolute Gasteiger partial charge is 0.349 e. The number of thiazole rings is 1. The first-order chi connectivity index (χ1) is 17.3. The van der Waals surface area contributed by atoms with E-state index in [0.717, 1.165) is 15.8 Å². The number of aromatic amines is 1. The maximum Gasteiger partial charge on any atom is 0.270 e. The lowest BCUT2D eigenvalue weighted by Crippen LogP contribution is -2.32. The molecular formula is C27H21ClN4O3S. The van der Waals surface area contributed by atoms with Gasteiger partial charge in [0, 0.05) is 42.7 Å². The molecule has 0 saturated carbocycles. The third-order valence-corrected chi connectivity index (χ3v) is 7.03. The van der Waals surface area contributed by atoms with Crippen LogP contribution in [0.3, 0.4) is 0 Å². The molecule has 0 unspecified atom stereocenters. The van der Waals surface area contributed by atoms with Crippen molar-refractivity contribution in [1.29, 1.82) is 0 Å².